The Balaban J connectivity index is 2.22. The molecule has 2 N–H and O–H groups in total. The Kier molecular flexibility index (Phi) is 3.85. The van der Waals surface area contributed by atoms with Crippen LogP contribution in [0.1, 0.15) is 17.2 Å². The van der Waals surface area contributed by atoms with E-state index in [1.165, 1.54) is 6.07 Å². The lowest BCUT2D eigenvalue weighted by Crippen LogP contribution is -2.14. The van der Waals surface area contributed by atoms with E-state index in [2.05, 4.69) is 0 Å². The zero-order valence-electron chi connectivity index (χ0n) is 9.84. The lowest BCUT2D eigenvalue weighted by atomic mass is 9.99. The van der Waals surface area contributed by atoms with Gasteiger partial charge in [0, 0.05) is 6.04 Å². The van der Waals surface area contributed by atoms with Crippen LogP contribution in [-0.4, -0.2) is 0 Å². The Morgan fingerprint density at radius 3 is 2.21 bits per heavy atom. The highest BCUT2D eigenvalue weighted by atomic mass is 19.2. The van der Waals surface area contributed by atoms with Crippen LogP contribution in [0.15, 0.2) is 36.4 Å². The van der Waals surface area contributed by atoms with Crippen molar-refractivity contribution in [3.63, 3.8) is 0 Å². The SMILES string of the molecule is NC(Cc1cc(F)ccc1F)c1ccc(F)c(F)c1. The second-order valence-corrected chi connectivity index (χ2v) is 4.22. The molecule has 2 aromatic carbocycles. The van der Waals surface area contributed by atoms with E-state index >= 15 is 0 Å². The molecule has 0 fully saturated rings. The van der Waals surface area contributed by atoms with Crippen molar-refractivity contribution in [3.8, 4) is 0 Å². The molecule has 0 radical (unpaired) electrons. The average molecular weight is 269 g/mol. The van der Waals surface area contributed by atoms with Gasteiger partial charge in [-0.25, -0.2) is 17.6 Å². The first-order valence-electron chi connectivity index (χ1n) is 5.62. The molecule has 0 aromatic heterocycles. The van der Waals surface area contributed by atoms with Crippen LogP contribution in [0.4, 0.5) is 17.6 Å². The normalized spacial score (nSPS) is 12.5. The molecule has 0 aliphatic carbocycles. The van der Waals surface area contributed by atoms with Gasteiger partial charge in [-0.15, -0.1) is 0 Å². The van der Waals surface area contributed by atoms with Crippen molar-refractivity contribution >= 4 is 0 Å². The van der Waals surface area contributed by atoms with Crippen LogP contribution in [0.2, 0.25) is 0 Å². The summed E-state index contributed by atoms with van der Waals surface area (Å²) in [6.07, 6.45) is -0.00529. The number of halogens is 4. The Bertz CT molecular complexity index is 598. The second kappa shape index (κ2) is 5.40. The average Bonchev–Trinajstić information content (AvgIpc) is 2.37. The smallest absolute Gasteiger partial charge is 0.159 e. The zero-order valence-corrected chi connectivity index (χ0v) is 9.84. The van der Waals surface area contributed by atoms with Crippen molar-refractivity contribution in [1.29, 1.82) is 0 Å². The van der Waals surface area contributed by atoms with Gasteiger partial charge in [0.2, 0.25) is 0 Å². The van der Waals surface area contributed by atoms with Gasteiger partial charge in [-0.2, -0.15) is 0 Å². The van der Waals surface area contributed by atoms with Crippen molar-refractivity contribution in [2.45, 2.75) is 12.5 Å². The Hall–Kier alpha value is -1.88. The topological polar surface area (TPSA) is 26.0 Å². The quantitative estimate of drug-likeness (QED) is 0.848. The number of nitrogens with two attached hydrogens (primary N) is 1. The molecule has 19 heavy (non-hydrogen) atoms. The maximum atomic E-state index is 13.4. The van der Waals surface area contributed by atoms with Crippen LogP contribution >= 0.6 is 0 Å². The van der Waals surface area contributed by atoms with Gasteiger partial charge < -0.3 is 5.73 Å². The van der Waals surface area contributed by atoms with Crippen LogP contribution in [0.25, 0.3) is 0 Å². The molecule has 100 valence electrons. The van der Waals surface area contributed by atoms with Gasteiger partial charge in [-0.05, 0) is 47.9 Å². The molecule has 2 aromatic rings. The van der Waals surface area contributed by atoms with Gasteiger partial charge >= 0.3 is 0 Å². The van der Waals surface area contributed by atoms with E-state index < -0.39 is 29.3 Å². The molecule has 0 saturated carbocycles. The molecule has 5 heteroatoms. The van der Waals surface area contributed by atoms with E-state index in [4.69, 9.17) is 5.73 Å². The maximum absolute atomic E-state index is 13.4. The fraction of sp³-hybridized carbons (Fsp3) is 0.143. The summed E-state index contributed by atoms with van der Waals surface area (Å²) < 4.78 is 52.3. The number of rotatable bonds is 3. The highest BCUT2D eigenvalue weighted by Crippen LogP contribution is 2.20. The maximum Gasteiger partial charge on any atom is 0.159 e. The van der Waals surface area contributed by atoms with Crippen molar-refractivity contribution in [2.75, 3.05) is 0 Å². The standard InChI is InChI=1S/C14H11F4N/c15-10-2-4-11(16)9(5-10)7-14(19)8-1-3-12(17)13(18)6-8/h1-6,14H,7,19H2. The van der Waals surface area contributed by atoms with E-state index in [0.29, 0.717) is 5.56 Å². The predicted molar refractivity (Wildman–Crippen MR) is 63.3 cm³/mol. The minimum absolute atomic E-state index is 0.00529. The van der Waals surface area contributed by atoms with E-state index in [1.54, 1.807) is 0 Å². The second-order valence-electron chi connectivity index (χ2n) is 4.22. The first kappa shape index (κ1) is 13.5. The lowest BCUT2D eigenvalue weighted by Gasteiger charge is -2.13. The largest absolute Gasteiger partial charge is 0.324 e. The van der Waals surface area contributed by atoms with Crippen LogP contribution in [0.5, 0.6) is 0 Å². The predicted octanol–water partition coefficient (Wildman–Crippen LogP) is 3.49. The van der Waals surface area contributed by atoms with Crippen molar-refractivity contribution in [1.82, 2.24) is 0 Å². The molecular weight excluding hydrogens is 258 g/mol. The number of hydrogen-bond donors (Lipinski definition) is 1. The molecule has 1 atom stereocenters. The molecule has 1 nitrogen and oxygen atoms in total. The highest BCUT2D eigenvalue weighted by Gasteiger charge is 2.13. The number of hydrogen-bond acceptors (Lipinski definition) is 1. The van der Waals surface area contributed by atoms with Crippen LogP contribution in [-0.2, 0) is 6.42 Å². The Labute approximate surface area is 107 Å². The third-order valence-electron chi connectivity index (χ3n) is 2.82. The summed E-state index contributed by atoms with van der Waals surface area (Å²) in [5.74, 6) is -3.16. The van der Waals surface area contributed by atoms with Gasteiger partial charge in [-0.3, -0.25) is 0 Å². The molecule has 0 saturated heterocycles. The van der Waals surface area contributed by atoms with Gasteiger partial charge in [-0.1, -0.05) is 6.07 Å². The summed E-state index contributed by atoms with van der Waals surface area (Å²) in [6, 6.07) is 5.52. The molecule has 0 aliphatic rings. The van der Waals surface area contributed by atoms with Crippen molar-refractivity contribution < 1.29 is 17.6 Å². The molecule has 0 bridgehead atoms. The first-order valence-corrected chi connectivity index (χ1v) is 5.62. The summed E-state index contributed by atoms with van der Waals surface area (Å²) in [7, 11) is 0. The molecule has 0 spiro atoms. The molecule has 1 unspecified atom stereocenters. The van der Waals surface area contributed by atoms with Gasteiger partial charge in [0.05, 0.1) is 0 Å². The van der Waals surface area contributed by atoms with Crippen molar-refractivity contribution in [2.24, 2.45) is 5.73 Å². The number of benzene rings is 2. The molecule has 2 rings (SSSR count). The molecule has 0 aliphatic heterocycles. The summed E-state index contributed by atoms with van der Waals surface area (Å²) >= 11 is 0. The summed E-state index contributed by atoms with van der Waals surface area (Å²) in [4.78, 5) is 0. The summed E-state index contributed by atoms with van der Waals surface area (Å²) in [6.45, 7) is 0. The highest BCUT2D eigenvalue weighted by molar-refractivity contribution is 5.25. The first-order chi connectivity index (χ1) is 8.97. The zero-order chi connectivity index (χ0) is 14.0. The van der Waals surface area contributed by atoms with Crippen LogP contribution < -0.4 is 5.73 Å². The van der Waals surface area contributed by atoms with Gasteiger partial charge in [0.15, 0.2) is 11.6 Å². The van der Waals surface area contributed by atoms with E-state index in [0.717, 1.165) is 30.3 Å². The monoisotopic (exact) mass is 269 g/mol. The van der Waals surface area contributed by atoms with Crippen molar-refractivity contribution in [3.05, 3.63) is 70.8 Å². The lowest BCUT2D eigenvalue weighted by molar-refractivity contribution is 0.504. The van der Waals surface area contributed by atoms with Gasteiger partial charge in [0.1, 0.15) is 11.6 Å². The van der Waals surface area contributed by atoms with E-state index in [9.17, 15) is 17.6 Å². The fourth-order valence-electron chi connectivity index (χ4n) is 1.80. The fourth-order valence-corrected chi connectivity index (χ4v) is 1.80. The Morgan fingerprint density at radius 2 is 1.53 bits per heavy atom. The minimum Gasteiger partial charge on any atom is -0.324 e. The summed E-state index contributed by atoms with van der Waals surface area (Å²) in [5.41, 5.74) is 6.20. The minimum atomic E-state index is -1.02. The molecular formula is C14H11F4N. The van der Waals surface area contributed by atoms with Gasteiger partial charge in [0.25, 0.3) is 0 Å². The third-order valence-corrected chi connectivity index (χ3v) is 2.82. The van der Waals surface area contributed by atoms with E-state index in [-0.39, 0.29) is 12.0 Å². The summed E-state index contributed by atoms with van der Waals surface area (Å²) in [5, 5.41) is 0. The Morgan fingerprint density at radius 1 is 0.842 bits per heavy atom. The van der Waals surface area contributed by atoms with Crippen LogP contribution in [0, 0.1) is 23.3 Å². The van der Waals surface area contributed by atoms with E-state index in [1.807, 2.05) is 0 Å². The van der Waals surface area contributed by atoms with Crippen LogP contribution in [0.3, 0.4) is 0 Å². The molecule has 0 amide bonds. The molecule has 0 heterocycles. The third kappa shape index (κ3) is 3.12.